The molecule has 2 aromatic carbocycles. The Bertz CT molecular complexity index is 731. The Morgan fingerprint density at radius 1 is 1.10 bits per heavy atom. The summed E-state index contributed by atoms with van der Waals surface area (Å²) in [7, 11) is -3.55. The Balaban J connectivity index is 2.33. The predicted molar refractivity (Wildman–Crippen MR) is 75.5 cm³/mol. The third kappa shape index (κ3) is 3.24. The maximum Gasteiger partial charge on any atom is 0.335 e. The maximum atomic E-state index is 12.3. The van der Waals surface area contributed by atoms with E-state index in [0.717, 1.165) is 5.56 Å². The molecule has 104 valence electrons. The molecule has 0 radical (unpaired) electrons. The van der Waals surface area contributed by atoms with E-state index in [0.29, 0.717) is 5.56 Å². The third-order valence-electron chi connectivity index (χ3n) is 2.92. The summed E-state index contributed by atoms with van der Waals surface area (Å²) in [6.07, 6.45) is 0. The van der Waals surface area contributed by atoms with Crippen molar-refractivity contribution in [1.82, 2.24) is 0 Å². The number of sulfone groups is 1. The van der Waals surface area contributed by atoms with Gasteiger partial charge in [0, 0.05) is 0 Å². The molecular formula is C15H14O4S. The second kappa shape index (κ2) is 5.46. The summed E-state index contributed by atoms with van der Waals surface area (Å²) in [6, 6.07) is 12.6. The van der Waals surface area contributed by atoms with Gasteiger partial charge in [-0.05, 0) is 30.7 Å². The quantitative estimate of drug-likeness (QED) is 0.939. The van der Waals surface area contributed by atoms with Crippen molar-refractivity contribution in [3.63, 3.8) is 0 Å². The largest absolute Gasteiger partial charge is 0.478 e. The summed E-state index contributed by atoms with van der Waals surface area (Å²) in [5.41, 5.74) is 1.70. The van der Waals surface area contributed by atoms with Gasteiger partial charge in [0.2, 0.25) is 0 Å². The monoisotopic (exact) mass is 290 g/mol. The Morgan fingerprint density at radius 3 is 2.35 bits per heavy atom. The molecule has 0 aliphatic rings. The molecule has 0 saturated carbocycles. The fourth-order valence-electron chi connectivity index (χ4n) is 1.81. The van der Waals surface area contributed by atoms with Crippen LogP contribution in [0.15, 0.2) is 53.4 Å². The van der Waals surface area contributed by atoms with Crippen LogP contribution in [0.1, 0.15) is 21.5 Å². The molecule has 0 fully saturated rings. The summed E-state index contributed by atoms with van der Waals surface area (Å²) in [5, 5.41) is 8.90. The zero-order chi connectivity index (χ0) is 14.8. The van der Waals surface area contributed by atoms with Crippen LogP contribution in [0.2, 0.25) is 0 Å². The fourth-order valence-corrected chi connectivity index (χ4v) is 3.20. The molecule has 0 aliphatic heterocycles. The Kier molecular flexibility index (Phi) is 3.90. The fraction of sp³-hybridized carbons (Fsp3) is 0.133. The van der Waals surface area contributed by atoms with Crippen molar-refractivity contribution in [2.75, 3.05) is 0 Å². The Morgan fingerprint density at radius 2 is 1.75 bits per heavy atom. The predicted octanol–water partition coefficient (Wildman–Crippen LogP) is 2.67. The Labute approximate surface area is 117 Å². The first-order chi connectivity index (χ1) is 9.38. The zero-order valence-electron chi connectivity index (χ0n) is 10.9. The smallest absolute Gasteiger partial charge is 0.335 e. The van der Waals surface area contributed by atoms with Gasteiger partial charge in [0.1, 0.15) is 0 Å². The van der Waals surface area contributed by atoms with Crippen molar-refractivity contribution in [2.45, 2.75) is 17.6 Å². The van der Waals surface area contributed by atoms with Crippen LogP contribution in [0.25, 0.3) is 0 Å². The lowest BCUT2D eigenvalue weighted by Crippen LogP contribution is -2.06. The van der Waals surface area contributed by atoms with Gasteiger partial charge in [-0.15, -0.1) is 0 Å². The standard InChI is InChI=1S/C15H14O4S/c1-11-5-7-12(8-6-11)10-20(18,19)14-4-2-3-13(9-14)15(16)17/h2-9H,10H2,1H3,(H,16,17). The summed E-state index contributed by atoms with van der Waals surface area (Å²) in [6.45, 7) is 1.93. The summed E-state index contributed by atoms with van der Waals surface area (Å²) in [4.78, 5) is 10.9. The van der Waals surface area contributed by atoms with E-state index in [1.165, 1.54) is 24.3 Å². The number of rotatable bonds is 4. The third-order valence-corrected chi connectivity index (χ3v) is 4.60. The van der Waals surface area contributed by atoms with Crippen molar-refractivity contribution in [2.24, 2.45) is 0 Å². The summed E-state index contributed by atoms with van der Waals surface area (Å²) in [5.74, 6) is -1.28. The van der Waals surface area contributed by atoms with Gasteiger partial charge in [-0.3, -0.25) is 0 Å². The van der Waals surface area contributed by atoms with Crippen molar-refractivity contribution in [3.05, 3.63) is 65.2 Å². The molecule has 0 heterocycles. The first kappa shape index (κ1) is 14.3. The molecule has 4 nitrogen and oxygen atoms in total. The lowest BCUT2D eigenvalue weighted by atomic mass is 10.2. The number of hydrogen-bond acceptors (Lipinski definition) is 3. The highest BCUT2D eigenvalue weighted by Gasteiger charge is 2.17. The van der Waals surface area contributed by atoms with Crippen LogP contribution in [0.5, 0.6) is 0 Å². The van der Waals surface area contributed by atoms with Crippen molar-refractivity contribution < 1.29 is 18.3 Å². The maximum absolute atomic E-state index is 12.3. The van der Waals surface area contributed by atoms with E-state index in [1.807, 2.05) is 19.1 Å². The van der Waals surface area contributed by atoms with Crippen LogP contribution in [-0.2, 0) is 15.6 Å². The average Bonchev–Trinajstić information content (AvgIpc) is 2.41. The van der Waals surface area contributed by atoms with Gasteiger partial charge in [0.15, 0.2) is 9.84 Å². The van der Waals surface area contributed by atoms with Gasteiger partial charge < -0.3 is 5.11 Å². The second-order valence-corrected chi connectivity index (χ2v) is 6.57. The van der Waals surface area contributed by atoms with E-state index in [-0.39, 0.29) is 16.2 Å². The molecule has 0 unspecified atom stereocenters. The molecule has 0 saturated heterocycles. The normalized spacial score (nSPS) is 11.2. The van der Waals surface area contributed by atoms with Crippen LogP contribution < -0.4 is 0 Å². The molecule has 0 atom stereocenters. The molecule has 0 bridgehead atoms. The minimum atomic E-state index is -3.55. The van der Waals surface area contributed by atoms with Crippen molar-refractivity contribution >= 4 is 15.8 Å². The number of carboxylic acids is 1. The number of aromatic carboxylic acids is 1. The molecule has 0 amide bonds. The number of carboxylic acid groups (broad SMARTS) is 1. The van der Waals surface area contributed by atoms with E-state index in [9.17, 15) is 13.2 Å². The van der Waals surface area contributed by atoms with Crippen molar-refractivity contribution in [1.29, 1.82) is 0 Å². The molecule has 2 aromatic rings. The van der Waals surface area contributed by atoms with Crippen LogP contribution in [0.4, 0.5) is 0 Å². The second-order valence-electron chi connectivity index (χ2n) is 4.58. The lowest BCUT2D eigenvalue weighted by molar-refractivity contribution is 0.0696. The van der Waals surface area contributed by atoms with E-state index < -0.39 is 15.8 Å². The lowest BCUT2D eigenvalue weighted by Gasteiger charge is -2.06. The molecule has 0 spiro atoms. The molecule has 0 aliphatic carbocycles. The highest BCUT2D eigenvalue weighted by Crippen LogP contribution is 2.18. The van der Waals surface area contributed by atoms with E-state index in [1.54, 1.807) is 12.1 Å². The van der Waals surface area contributed by atoms with Crippen molar-refractivity contribution in [3.8, 4) is 0 Å². The molecule has 2 rings (SSSR count). The number of hydrogen-bond donors (Lipinski definition) is 1. The topological polar surface area (TPSA) is 71.4 Å². The number of aryl methyl sites for hydroxylation is 1. The van der Waals surface area contributed by atoms with Gasteiger partial charge in [0.05, 0.1) is 16.2 Å². The van der Waals surface area contributed by atoms with Crippen LogP contribution >= 0.6 is 0 Å². The van der Waals surface area contributed by atoms with E-state index in [2.05, 4.69) is 0 Å². The molecule has 5 heteroatoms. The molecular weight excluding hydrogens is 276 g/mol. The van der Waals surface area contributed by atoms with Gasteiger partial charge >= 0.3 is 5.97 Å². The minimum Gasteiger partial charge on any atom is -0.478 e. The zero-order valence-corrected chi connectivity index (χ0v) is 11.7. The van der Waals surface area contributed by atoms with Gasteiger partial charge in [-0.1, -0.05) is 35.9 Å². The van der Waals surface area contributed by atoms with Crippen LogP contribution in [-0.4, -0.2) is 19.5 Å². The average molecular weight is 290 g/mol. The summed E-state index contributed by atoms with van der Waals surface area (Å²) < 4.78 is 24.5. The first-order valence-electron chi connectivity index (χ1n) is 6.00. The van der Waals surface area contributed by atoms with E-state index in [4.69, 9.17) is 5.11 Å². The summed E-state index contributed by atoms with van der Waals surface area (Å²) >= 11 is 0. The first-order valence-corrected chi connectivity index (χ1v) is 7.65. The number of benzene rings is 2. The number of carbonyl (C=O) groups is 1. The Hall–Kier alpha value is -2.14. The molecule has 0 aromatic heterocycles. The van der Waals surface area contributed by atoms with Crippen LogP contribution in [0.3, 0.4) is 0 Å². The highest BCUT2D eigenvalue weighted by atomic mass is 32.2. The highest BCUT2D eigenvalue weighted by molar-refractivity contribution is 7.90. The molecule has 1 N–H and O–H groups in total. The van der Waals surface area contributed by atoms with Crippen LogP contribution in [0, 0.1) is 6.92 Å². The molecule has 20 heavy (non-hydrogen) atoms. The van der Waals surface area contributed by atoms with Gasteiger partial charge in [0.25, 0.3) is 0 Å². The van der Waals surface area contributed by atoms with Gasteiger partial charge in [-0.25, -0.2) is 13.2 Å². The van der Waals surface area contributed by atoms with Gasteiger partial charge in [-0.2, -0.15) is 0 Å². The van der Waals surface area contributed by atoms with E-state index >= 15 is 0 Å². The SMILES string of the molecule is Cc1ccc(CS(=O)(=O)c2cccc(C(=O)O)c2)cc1. The minimum absolute atomic E-state index is 0.0259.